The minimum atomic E-state index is -0.942. The van der Waals surface area contributed by atoms with Crippen LogP contribution >= 0.6 is 0 Å². The van der Waals surface area contributed by atoms with E-state index in [1.54, 1.807) is 11.0 Å². The van der Waals surface area contributed by atoms with E-state index in [4.69, 9.17) is 10.8 Å². The smallest absolute Gasteiger partial charge is 0.330 e. The molecular formula is C13H25N3O3. The number of rotatable bonds is 8. The van der Waals surface area contributed by atoms with Crippen LogP contribution in [0.15, 0.2) is 11.6 Å². The summed E-state index contributed by atoms with van der Waals surface area (Å²) < 4.78 is 0. The number of hydrogen-bond acceptors (Lipinski definition) is 3. The van der Waals surface area contributed by atoms with Gasteiger partial charge in [-0.25, -0.2) is 9.59 Å². The average Bonchev–Trinajstić information content (AvgIpc) is 2.34. The Balaban J connectivity index is 4.63. The van der Waals surface area contributed by atoms with Crippen molar-refractivity contribution in [3.05, 3.63) is 11.6 Å². The lowest BCUT2D eigenvalue weighted by Gasteiger charge is -2.35. The Kier molecular flexibility index (Phi) is 7.83. The minimum Gasteiger partial charge on any atom is -0.478 e. The molecule has 1 atom stereocenters. The maximum Gasteiger partial charge on any atom is 0.330 e. The number of nitrogens with two attached hydrogens (primary N) is 1. The van der Waals surface area contributed by atoms with Gasteiger partial charge in [0.15, 0.2) is 0 Å². The molecule has 0 aromatic heterocycles. The van der Waals surface area contributed by atoms with Gasteiger partial charge in [-0.15, -0.1) is 0 Å². The molecule has 0 heterocycles. The third-order valence-electron chi connectivity index (χ3n) is 3.23. The molecule has 110 valence electrons. The van der Waals surface area contributed by atoms with Crippen LogP contribution in [0.1, 0.15) is 34.1 Å². The van der Waals surface area contributed by atoms with E-state index in [2.05, 4.69) is 4.90 Å². The van der Waals surface area contributed by atoms with Crippen LogP contribution in [0, 0.1) is 0 Å². The molecule has 6 nitrogen and oxygen atoms in total. The first-order chi connectivity index (χ1) is 8.84. The maximum atomic E-state index is 11.5. The number of aliphatic carboxylic acids is 1. The van der Waals surface area contributed by atoms with Crippen molar-refractivity contribution in [2.24, 2.45) is 5.73 Å². The van der Waals surface area contributed by atoms with Gasteiger partial charge in [0.1, 0.15) is 0 Å². The first-order valence-electron chi connectivity index (χ1n) is 6.55. The predicted molar refractivity (Wildman–Crippen MR) is 74.7 cm³/mol. The van der Waals surface area contributed by atoms with Gasteiger partial charge < -0.3 is 15.7 Å². The first kappa shape index (κ1) is 17.4. The van der Waals surface area contributed by atoms with Crippen molar-refractivity contribution in [1.29, 1.82) is 0 Å². The van der Waals surface area contributed by atoms with Gasteiger partial charge in [-0.2, -0.15) is 0 Å². The van der Waals surface area contributed by atoms with E-state index >= 15 is 0 Å². The SMILES string of the molecule is CCN(CC)C(C)N(CCC=C(C)C(=O)O)C(N)=O. The molecule has 0 aromatic rings. The largest absolute Gasteiger partial charge is 0.478 e. The van der Waals surface area contributed by atoms with Gasteiger partial charge in [-0.1, -0.05) is 19.9 Å². The van der Waals surface area contributed by atoms with Gasteiger partial charge in [-0.05, 0) is 33.4 Å². The Morgan fingerprint density at radius 3 is 2.21 bits per heavy atom. The van der Waals surface area contributed by atoms with Crippen LogP contribution in [-0.4, -0.2) is 52.7 Å². The predicted octanol–water partition coefficient (Wildman–Crippen LogP) is 1.48. The molecule has 19 heavy (non-hydrogen) atoms. The van der Waals surface area contributed by atoms with Crippen molar-refractivity contribution >= 4 is 12.0 Å². The summed E-state index contributed by atoms with van der Waals surface area (Å²) >= 11 is 0. The molecular weight excluding hydrogens is 246 g/mol. The number of carboxylic acid groups (broad SMARTS) is 1. The molecule has 0 saturated heterocycles. The number of carbonyl (C=O) groups excluding carboxylic acids is 1. The topological polar surface area (TPSA) is 86.9 Å². The number of urea groups is 1. The fourth-order valence-electron chi connectivity index (χ4n) is 1.94. The quantitative estimate of drug-likeness (QED) is 0.517. The summed E-state index contributed by atoms with van der Waals surface area (Å²) in [5, 5.41) is 8.75. The highest BCUT2D eigenvalue weighted by Crippen LogP contribution is 2.07. The van der Waals surface area contributed by atoms with Crippen molar-refractivity contribution < 1.29 is 14.7 Å². The molecule has 0 aromatic carbocycles. The van der Waals surface area contributed by atoms with E-state index in [9.17, 15) is 9.59 Å². The second-order valence-electron chi connectivity index (χ2n) is 4.37. The molecule has 0 aliphatic carbocycles. The Bertz CT molecular complexity index is 338. The fraction of sp³-hybridized carbons (Fsp3) is 0.692. The van der Waals surface area contributed by atoms with E-state index in [0.29, 0.717) is 13.0 Å². The lowest BCUT2D eigenvalue weighted by atomic mass is 10.2. The summed E-state index contributed by atoms with van der Waals surface area (Å²) in [4.78, 5) is 25.8. The van der Waals surface area contributed by atoms with Crippen LogP contribution in [0.2, 0.25) is 0 Å². The van der Waals surface area contributed by atoms with Crippen LogP contribution in [-0.2, 0) is 4.79 Å². The highest BCUT2D eigenvalue weighted by molar-refractivity contribution is 5.85. The number of amides is 2. The summed E-state index contributed by atoms with van der Waals surface area (Å²) in [6, 6.07) is -0.485. The average molecular weight is 271 g/mol. The maximum absolute atomic E-state index is 11.5. The van der Waals surface area contributed by atoms with Gasteiger partial charge in [0, 0.05) is 12.1 Å². The molecule has 0 aliphatic heterocycles. The Morgan fingerprint density at radius 2 is 1.84 bits per heavy atom. The number of hydrogen-bond donors (Lipinski definition) is 2. The molecule has 6 heteroatoms. The highest BCUT2D eigenvalue weighted by atomic mass is 16.4. The molecule has 0 aliphatic rings. The second kappa shape index (κ2) is 8.53. The van der Waals surface area contributed by atoms with Crippen molar-refractivity contribution in [2.75, 3.05) is 19.6 Å². The van der Waals surface area contributed by atoms with Gasteiger partial charge in [-0.3, -0.25) is 4.90 Å². The molecule has 1 unspecified atom stereocenters. The summed E-state index contributed by atoms with van der Waals surface area (Å²) in [5.41, 5.74) is 5.66. The molecule has 0 fully saturated rings. The monoisotopic (exact) mass is 271 g/mol. The molecule has 3 N–H and O–H groups in total. The number of carboxylic acids is 1. The van der Waals surface area contributed by atoms with Crippen LogP contribution in [0.5, 0.6) is 0 Å². The van der Waals surface area contributed by atoms with Gasteiger partial charge >= 0.3 is 12.0 Å². The molecule has 0 saturated carbocycles. The summed E-state index contributed by atoms with van der Waals surface area (Å²) in [6.45, 7) is 9.56. The first-order valence-corrected chi connectivity index (χ1v) is 6.55. The molecule has 0 spiro atoms. The standard InChI is InChI=1S/C13H25N3O3/c1-5-15(6-2)11(4)16(13(14)19)9-7-8-10(3)12(17)18/h8,11H,5-7,9H2,1-4H3,(H2,14,19)(H,17,18). The van der Waals surface area contributed by atoms with Gasteiger partial charge in [0.05, 0.1) is 6.17 Å². The lowest BCUT2D eigenvalue weighted by molar-refractivity contribution is -0.132. The normalized spacial score (nSPS) is 13.4. The van der Waals surface area contributed by atoms with E-state index in [1.165, 1.54) is 6.92 Å². The molecule has 2 amide bonds. The van der Waals surface area contributed by atoms with Crippen LogP contribution in [0.3, 0.4) is 0 Å². The fourth-order valence-corrected chi connectivity index (χ4v) is 1.94. The lowest BCUT2D eigenvalue weighted by Crippen LogP contribution is -2.51. The Hall–Kier alpha value is -1.56. The Labute approximate surface area is 114 Å². The zero-order chi connectivity index (χ0) is 15.0. The third kappa shape index (κ3) is 5.74. The van der Waals surface area contributed by atoms with Gasteiger partial charge in [0.25, 0.3) is 0 Å². The number of carbonyl (C=O) groups is 2. The molecule has 0 radical (unpaired) electrons. The summed E-state index contributed by atoms with van der Waals surface area (Å²) in [7, 11) is 0. The second-order valence-corrected chi connectivity index (χ2v) is 4.37. The van der Waals surface area contributed by atoms with Gasteiger partial charge in [0.2, 0.25) is 0 Å². The Morgan fingerprint density at radius 1 is 1.32 bits per heavy atom. The number of nitrogens with zero attached hydrogens (tertiary/aromatic N) is 2. The minimum absolute atomic E-state index is 0.0916. The summed E-state index contributed by atoms with van der Waals surface area (Å²) in [5.74, 6) is -0.942. The van der Waals surface area contributed by atoms with Crippen LogP contribution < -0.4 is 5.73 Å². The van der Waals surface area contributed by atoms with E-state index in [-0.39, 0.29) is 11.7 Å². The van der Waals surface area contributed by atoms with Crippen molar-refractivity contribution in [2.45, 2.75) is 40.3 Å². The van der Waals surface area contributed by atoms with Crippen molar-refractivity contribution in [3.63, 3.8) is 0 Å². The third-order valence-corrected chi connectivity index (χ3v) is 3.23. The zero-order valence-electron chi connectivity index (χ0n) is 12.2. The van der Waals surface area contributed by atoms with E-state index < -0.39 is 12.0 Å². The van der Waals surface area contributed by atoms with E-state index in [1.807, 2.05) is 20.8 Å². The van der Waals surface area contributed by atoms with Crippen molar-refractivity contribution in [3.8, 4) is 0 Å². The van der Waals surface area contributed by atoms with Crippen LogP contribution in [0.25, 0.3) is 0 Å². The number of primary amides is 1. The summed E-state index contributed by atoms with van der Waals surface area (Å²) in [6.07, 6.45) is 1.99. The zero-order valence-corrected chi connectivity index (χ0v) is 12.2. The van der Waals surface area contributed by atoms with Crippen molar-refractivity contribution in [1.82, 2.24) is 9.80 Å². The molecule has 0 bridgehead atoms. The highest BCUT2D eigenvalue weighted by Gasteiger charge is 2.21. The van der Waals surface area contributed by atoms with Crippen LogP contribution in [0.4, 0.5) is 4.79 Å². The van der Waals surface area contributed by atoms with E-state index in [0.717, 1.165) is 13.1 Å². The molecule has 0 rings (SSSR count).